The van der Waals surface area contributed by atoms with E-state index in [2.05, 4.69) is 46.8 Å². The topological polar surface area (TPSA) is 40.6 Å². The van der Waals surface area contributed by atoms with E-state index in [0.29, 0.717) is 32.6 Å². The van der Waals surface area contributed by atoms with Crippen molar-refractivity contribution >= 4 is 12.3 Å². The van der Waals surface area contributed by atoms with Gasteiger partial charge in [-0.25, -0.2) is 0 Å². The molecule has 1 aromatic carbocycles. The van der Waals surface area contributed by atoms with Crippen molar-refractivity contribution in [1.29, 1.82) is 0 Å². The lowest BCUT2D eigenvalue weighted by molar-refractivity contribution is -0.134. The maximum atomic E-state index is 12.6. The second-order valence-electron chi connectivity index (χ2n) is 7.54. The first-order chi connectivity index (χ1) is 10.7. The molecular weight excluding hydrogens is 288 g/mol. The highest BCUT2D eigenvalue weighted by molar-refractivity contribution is 5.80. The van der Waals surface area contributed by atoms with Gasteiger partial charge in [0.1, 0.15) is 0 Å². The van der Waals surface area contributed by atoms with Crippen LogP contribution in [0.1, 0.15) is 43.0 Å². The highest BCUT2D eigenvalue weighted by atomic mass is 16.2. The Kier molecular flexibility index (Phi) is 5.12. The van der Waals surface area contributed by atoms with Crippen LogP contribution in [0.2, 0.25) is 0 Å². The van der Waals surface area contributed by atoms with Crippen molar-refractivity contribution in [2.45, 2.75) is 46.5 Å². The summed E-state index contributed by atoms with van der Waals surface area (Å²) in [6.07, 6.45) is 1.31. The summed E-state index contributed by atoms with van der Waals surface area (Å²) in [7, 11) is 0. The van der Waals surface area contributed by atoms with Gasteiger partial charge >= 0.3 is 0 Å². The fraction of sp³-hybridized carbons (Fsp3) is 0.579. The van der Waals surface area contributed by atoms with Gasteiger partial charge in [0.05, 0.1) is 6.42 Å². The number of hydrogen-bond acceptors (Lipinski definition) is 2. The summed E-state index contributed by atoms with van der Waals surface area (Å²) in [6.45, 7) is 13.3. The monoisotopic (exact) mass is 316 g/mol. The molecule has 0 unspecified atom stereocenters. The molecule has 0 atom stereocenters. The molecule has 0 N–H and O–H groups in total. The van der Waals surface area contributed by atoms with E-state index in [-0.39, 0.29) is 11.3 Å². The third-order valence-corrected chi connectivity index (χ3v) is 4.71. The number of carbonyl (C=O) groups is 2. The van der Waals surface area contributed by atoms with Crippen molar-refractivity contribution < 1.29 is 9.59 Å². The Bertz CT molecular complexity index is 571. The fourth-order valence-corrected chi connectivity index (χ4v) is 3.05. The molecule has 0 bridgehead atoms. The van der Waals surface area contributed by atoms with Gasteiger partial charge in [0.2, 0.25) is 12.3 Å². The molecule has 0 radical (unpaired) electrons. The minimum atomic E-state index is 0.114. The quantitative estimate of drug-likeness (QED) is 0.804. The lowest BCUT2D eigenvalue weighted by atomic mass is 9.83. The molecule has 1 aromatic rings. The first-order valence-corrected chi connectivity index (χ1v) is 8.30. The molecule has 0 aliphatic carbocycles. The molecular formula is C19H28N2O2. The molecule has 1 fully saturated rings. The number of amides is 2. The number of rotatable bonds is 3. The lowest BCUT2D eigenvalue weighted by Gasteiger charge is -2.33. The van der Waals surface area contributed by atoms with Crippen LogP contribution in [0.25, 0.3) is 0 Å². The Balaban J connectivity index is 2.11. The van der Waals surface area contributed by atoms with E-state index >= 15 is 0 Å². The van der Waals surface area contributed by atoms with Crippen LogP contribution in [0.4, 0.5) is 0 Å². The zero-order chi connectivity index (χ0) is 17.2. The average molecular weight is 316 g/mol. The Morgan fingerprint density at radius 1 is 1.09 bits per heavy atom. The maximum absolute atomic E-state index is 12.6. The maximum Gasteiger partial charge on any atom is 0.227 e. The van der Waals surface area contributed by atoms with Crippen LogP contribution >= 0.6 is 0 Å². The van der Waals surface area contributed by atoms with Crippen molar-refractivity contribution in [2.75, 3.05) is 26.2 Å². The van der Waals surface area contributed by atoms with Crippen LogP contribution in [0, 0.1) is 13.8 Å². The van der Waals surface area contributed by atoms with E-state index in [1.54, 1.807) is 4.90 Å². The predicted octanol–water partition coefficient (Wildman–Crippen LogP) is 2.44. The van der Waals surface area contributed by atoms with Crippen LogP contribution in [0.5, 0.6) is 0 Å². The zero-order valence-electron chi connectivity index (χ0n) is 15.0. The van der Waals surface area contributed by atoms with Crippen molar-refractivity contribution in [3.05, 3.63) is 34.4 Å². The van der Waals surface area contributed by atoms with Gasteiger partial charge in [0.25, 0.3) is 0 Å². The number of piperazine rings is 1. The largest absolute Gasteiger partial charge is 0.342 e. The fourth-order valence-electron chi connectivity index (χ4n) is 3.05. The molecule has 2 amide bonds. The molecule has 2 rings (SSSR count). The second kappa shape index (κ2) is 6.73. The Morgan fingerprint density at radius 3 is 2.04 bits per heavy atom. The Morgan fingerprint density at radius 2 is 1.61 bits per heavy atom. The SMILES string of the molecule is Cc1cc(C(C)(C)C)cc(C)c1CC(=O)N1CCN(C=O)CC1. The summed E-state index contributed by atoms with van der Waals surface area (Å²) in [5.41, 5.74) is 4.94. The van der Waals surface area contributed by atoms with Gasteiger partial charge < -0.3 is 9.80 Å². The smallest absolute Gasteiger partial charge is 0.227 e. The van der Waals surface area contributed by atoms with Gasteiger partial charge in [-0.3, -0.25) is 9.59 Å². The molecule has 4 nitrogen and oxygen atoms in total. The van der Waals surface area contributed by atoms with Crippen LogP contribution in [0.3, 0.4) is 0 Å². The van der Waals surface area contributed by atoms with Crippen LogP contribution < -0.4 is 0 Å². The summed E-state index contributed by atoms with van der Waals surface area (Å²) in [5, 5.41) is 0. The first kappa shape index (κ1) is 17.5. The molecule has 1 aliphatic rings. The molecule has 1 saturated heterocycles. The van der Waals surface area contributed by atoms with E-state index in [1.165, 1.54) is 16.7 Å². The van der Waals surface area contributed by atoms with E-state index < -0.39 is 0 Å². The van der Waals surface area contributed by atoms with Gasteiger partial charge in [0.15, 0.2) is 0 Å². The first-order valence-electron chi connectivity index (χ1n) is 8.30. The van der Waals surface area contributed by atoms with E-state index in [1.807, 2.05) is 4.90 Å². The molecule has 126 valence electrons. The molecule has 0 aromatic heterocycles. The average Bonchev–Trinajstić information content (AvgIpc) is 2.49. The van der Waals surface area contributed by atoms with Crippen LogP contribution in [-0.4, -0.2) is 48.3 Å². The number of carbonyl (C=O) groups excluding carboxylic acids is 2. The predicted molar refractivity (Wildman–Crippen MR) is 92.5 cm³/mol. The molecule has 23 heavy (non-hydrogen) atoms. The van der Waals surface area contributed by atoms with Crippen molar-refractivity contribution in [2.24, 2.45) is 0 Å². The van der Waals surface area contributed by atoms with Gasteiger partial charge in [-0.1, -0.05) is 32.9 Å². The summed E-state index contributed by atoms with van der Waals surface area (Å²) in [4.78, 5) is 26.9. The normalized spacial score (nSPS) is 15.7. The standard InChI is InChI=1S/C19H28N2O2/c1-14-10-16(19(3,4)5)11-15(2)17(14)12-18(23)21-8-6-20(13-22)7-9-21/h10-11,13H,6-9,12H2,1-5H3. The summed E-state index contributed by atoms with van der Waals surface area (Å²) in [5.74, 6) is 0.158. The van der Waals surface area contributed by atoms with Crippen molar-refractivity contribution in [1.82, 2.24) is 9.80 Å². The third kappa shape index (κ3) is 4.12. The molecule has 1 heterocycles. The zero-order valence-corrected chi connectivity index (χ0v) is 15.0. The number of nitrogens with zero attached hydrogens (tertiary/aromatic N) is 2. The van der Waals surface area contributed by atoms with Crippen molar-refractivity contribution in [3.8, 4) is 0 Å². The molecule has 0 saturated carbocycles. The van der Waals surface area contributed by atoms with Gasteiger partial charge in [0, 0.05) is 26.2 Å². The van der Waals surface area contributed by atoms with Crippen LogP contribution in [-0.2, 0) is 21.4 Å². The second-order valence-corrected chi connectivity index (χ2v) is 7.54. The van der Waals surface area contributed by atoms with Gasteiger partial charge in [-0.05, 0) is 41.5 Å². The Hall–Kier alpha value is -1.84. The Labute approximate surface area is 139 Å². The highest BCUT2D eigenvalue weighted by Gasteiger charge is 2.22. The lowest BCUT2D eigenvalue weighted by Crippen LogP contribution is -2.48. The minimum Gasteiger partial charge on any atom is -0.342 e. The summed E-state index contributed by atoms with van der Waals surface area (Å²) < 4.78 is 0. The number of aryl methyl sites for hydroxylation is 2. The molecule has 4 heteroatoms. The van der Waals surface area contributed by atoms with E-state index in [4.69, 9.17) is 0 Å². The number of benzene rings is 1. The van der Waals surface area contributed by atoms with E-state index in [0.717, 1.165) is 12.0 Å². The highest BCUT2D eigenvalue weighted by Crippen LogP contribution is 2.27. The minimum absolute atomic E-state index is 0.114. The summed E-state index contributed by atoms with van der Waals surface area (Å²) >= 11 is 0. The third-order valence-electron chi connectivity index (χ3n) is 4.71. The number of hydrogen-bond donors (Lipinski definition) is 0. The van der Waals surface area contributed by atoms with Crippen molar-refractivity contribution in [3.63, 3.8) is 0 Å². The summed E-state index contributed by atoms with van der Waals surface area (Å²) in [6, 6.07) is 4.42. The molecule has 1 aliphatic heterocycles. The van der Waals surface area contributed by atoms with Gasteiger partial charge in [-0.15, -0.1) is 0 Å². The van der Waals surface area contributed by atoms with Crippen LogP contribution in [0.15, 0.2) is 12.1 Å². The van der Waals surface area contributed by atoms with E-state index in [9.17, 15) is 9.59 Å². The van der Waals surface area contributed by atoms with Gasteiger partial charge in [-0.2, -0.15) is 0 Å². The molecule has 0 spiro atoms.